The normalized spacial score (nSPS) is 14.2. The van der Waals surface area contributed by atoms with Crippen LogP contribution in [0.25, 0.3) is 0 Å². The topological polar surface area (TPSA) is 76.3 Å². The zero-order chi connectivity index (χ0) is 21.9. The number of tetrazole rings is 1. The Kier molecular flexibility index (Phi) is 6.91. The number of methoxy groups -OCH3 is 1. The number of benzene rings is 3. The predicted octanol–water partition coefficient (Wildman–Crippen LogP) is 4.01. The van der Waals surface area contributed by atoms with Crippen LogP contribution in [0, 0.1) is 0 Å². The molecule has 2 heterocycles. The van der Waals surface area contributed by atoms with Crippen molar-refractivity contribution in [2.75, 3.05) is 13.7 Å². The molecule has 1 N–H and O–H groups in total. The largest absolute Gasteiger partial charge is 0.504 e. The molecule has 0 amide bonds. The van der Waals surface area contributed by atoms with Gasteiger partial charge in [-0.1, -0.05) is 60.7 Å². The first-order valence-corrected chi connectivity index (χ1v) is 10.7. The zero-order valence-electron chi connectivity index (χ0n) is 18.3. The van der Waals surface area contributed by atoms with Crippen LogP contribution < -0.4 is 4.74 Å². The molecule has 170 valence electrons. The lowest BCUT2D eigenvalue weighted by molar-refractivity contribution is 0.194. The number of rotatable bonds is 6. The van der Waals surface area contributed by atoms with E-state index in [4.69, 9.17) is 4.74 Å². The molecule has 4 aromatic rings. The van der Waals surface area contributed by atoms with Gasteiger partial charge in [-0.3, -0.25) is 4.90 Å². The number of fused-ring (bicyclic) bond motifs is 1. The second-order valence-electron chi connectivity index (χ2n) is 8.00. The fraction of sp³-hybridized carbons (Fsp3) is 0.240. The molecular weight excluding hydrogens is 438 g/mol. The molecule has 7 nitrogen and oxygen atoms in total. The molecule has 1 unspecified atom stereocenters. The van der Waals surface area contributed by atoms with Gasteiger partial charge in [0, 0.05) is 13.1 Å². The van der Waals surface area contributed by atoms with Crippen molar-refractivity contribution in [3.05, 3.63) is 101 Å². The summed E-state index contributed by atoms with van der Waals surface area (Å²) in [6, 6.07) is 24.0. The van der Waals surface area contributed by atoms with Crippen molar-refractivity contribution >= 4 is 12.4 Å². The number of aromatic nitrogens is 4. The van der Waals surface area contributed by atoms with E-state index < -0.39 is 0 Å². The Morgan fingerprint density at radius 2 is 1.76 bits per heavy atom. The van der Waals surface area contributed by atoms with Crippen LogP contribution in [-0.4, -0.2) is 43.9 Å². The van der Waals surface area contributed by atoms with Gasteiger partial charge in [-0.2, -0.15) is 0 Å². The van der Waals surface area contributed by atoms with Gasteiger partial charge in [0.1, 0.15) is 0 Å². The zero-order valence-corrected chi connectivity index (χ0v) is 19.2. The lowest BCUT2D eigenvalue weighted by Gasteiger charge is -2.35. The molecule has 0 fully saturated rings. The minimum absolute atomic E-state index is 0. The first-order chi connectivity index (χ1) is 15.7. The highest BCUT2D eigenvalue weighted by atomic mass is 35.5. The summed E-state index contributed by atoms with van der Waals surface area (Å²) < 4.78 is 7.26. The monoisotopic (exact) mass is 463 g/mol. The van der Waals surface area contributed by atoms with Crippen LogP contribution in [0.3, 0.4) is 0 Å². The fourth-order valence-corrected chi connectivity index (χ4v) is 4.40. The summed E-state index contributed by atoms with van der Waals surface area (Å²) in [5.74, 6) is 1.32. The van der Waals surface area contributed by atoms with Crippen LogP contribution in [0.1, 0.15) is 34.1 Å². The first-order valence-electron chi connectivity index (χ1n) is 10.7. The van der Waals surface area contributed by atoms with Gasteiger partial charge >= 0.3 is 0 Å². The number of nitrogens with zero attached hydrogens (tertiary/aromatic N) is 5. The molecule has 3 aromatic carbocycles. The number of phenols is 1. The number of hydrogen-bond donors (Lipinski definition) is 1. The molecule has 8 heteroatoms. The Balaban J connectivity index is 0.00000259. The van der Waals surface area contributed by atoms with Crippen molar-refractivity contribution in [2.45, 2.75) is 25.6 Å². The number of hydrogen-bond acceptors (Lipinski definition) is 6. The third-order valence-electron chi connectivity index (χ3n) is 6.02. The minimum atomic E-state index is -0.184. The van der Waals surface area contributed by atoms with E-state index in [1.165, 1.54) is 11.1 Å². The molecule has 0 saturated heterocycles. The van der Waals surface area contributed by atoms with E-state index in [0.29, 0.717) is 12.3 Å². The summed E-state index contributed by atoms with van der Waals surface area (Å²) in [4.78, 5) is 2.39. The molecule has 1 aliphatic rings. The Morgan fingerprint density at radius 3 is 2.55 bits per heavy atom. The highest BCUT2D eigenvalue weighted by Gasteiger charge is 2.31. The summed E-state index contributed by atoms with van der Waals surface area (Å²) in [5.41, 5.74) is 4.81. The van der Waals surface area contributed by atoms with Gasteiger partial charge < -0.3 is 9.84 Å². The lowest BCUT2D eigenvalue weighted by Crippen LogP contribution is -2.36. The number of phenolic OH excluding ortho intramolecular Hbond substituents is 1. The highest BCUT2D eigenvalue weighted by Crippen LogP contribution is 2.36. The lowest BCUT2D eigenvalue weighted by atomic mass is 9.95. The molecule has 33 heavy (non-hydrogen) atoms. The third-order valence-corrected chi connectivity index (χ3v) is 6.02. The van der Waals surface area contributed by atoms with E-state index >= 15 is 0 Å². The van der Waals surface area contributed by atoms with Crippen LogP contribution in [0.4, 0.5) is 0 Å². The Labute approximate surface area is 199 Å². The van der Waals surface area contributed by atoms with Gasteiger partial charge in [0.05, 0.1) is 19.7 Å². The van der Waals surface area contributed by atoms with Gasteiger partial charge in [-0.25, -0.2) is 4.68 Å². The van der Waals surface area contributed by atoms with Crippen LogP contribution in [0.2, 0.25) is 0 Å². The van der Waals surface area contributed by atoms with E-state index in [-0.39, 0.29) is 24.2 Å². The molecular formula is C25H26ClN5O2. The molecule has 1 aliphatic heterocycles. The molecule has 0 radical (unpaired) electrons. The van der Waals surface area contributed by atoms with Crippen molar-refractivity contribution in [3.8, 4) is 11.5 Å². The van der Waals surface area contributed by atoms with Crippen molar-refractivity contribution in [1.29, 1.82) is 0 Å². The molecule has 5 rings (SSSR count). The van der Waals surface area contributed by atoms with Gasteiger partial charge in [0.25, 0.3) is 0 Å². The molecule has 1 aromatic heterocycles. The van der Waals surface area contributed by atoms with Gasteiger partial charge in [-0.15, -0.1) is 17.5 Å². The molecule has 0 saturated carbocycles. The summed E-state index contributed by atoms with van der Waals surface area (Å²) >= 11 is 0. The fourth-order valence-electron chi connectivity index (χ4n) is 4.40. The standard InChI is InChI=1S/C25H25N5O2.ClH/c1-32-23-15-20(11-12-22(23)31)24(29-14-13-19-9-5-6-10-21(19)17-29)25-26-27-28-30(25)16-18-7-3-2-4-8-18;/h2-12,15,24,31H,13-14,16-17H2,1H3;1H. The van der Waals surface area contributed by atoms with Crippen molar-refractivity contribution < 1.29 is 9.84 Å². The summed E-state index contributed by atoms with van der Waals surface area (Å²) in [6.45, 7) is 2.25. The van der Waals surface area contributed by atoms with E-state index in [1.54, 1.807) is 13.2 Å². The van der Waals surface area contributed by atoms with Gasteiger partial charge in [0.15, 0.2) is 17.3 Å². The summed E-state index contributed by atoms with van der Waals surface area (Å²) in [7, 11) is 1.56. The van der Waals surface area contributed by atoms with Crippen molar-refractivity contribution in [2.24, 2.45) is 0 Å². The van der Waals surface area contributed by atoms with Crippen LogP contribution in [0.5, 0.6) is 11.5 Å². The average Bonchev–Trinajstić information content (AvgIpc) is 3.28. The molecule has 0 aliphatic carbocycles. The average molecular weight is 464 g/mol. The number of ether oxygens (including phenoxy) is 1. The van der Waals surface area contributed by atoms with E-state index in [0.717, 1.165) is 36.5 Å². The van der Waals surface area contributed by atoms with Crippen molar-refractivity contribution in [3.63, 3.8) is 0 Å². The first kappa shape index (κ1) is 22.8. The quantitative estimate of drug-likeness (QED) is 0.465. The van der Waals surface area contributed by atoms with Crippen LogP contribution in [-0.2, 0) is 19.5 Å². The number of halogens is 1. The van der Waals surface area contributed by atoms with E-state index in [1.807, 2.05) is 35.0 Å². The highest BCUT2D eigenvalue weighted by molar-refractivity contribution is 5.85. The van der Waals surface area contributed by atoms with Crippen molar-refractivity contribution in [1.82, 2.24) is 25.1 Å². The smallest absolute Gasteiger partial charge is 0.173 e. The predicted molar refractivity (Wildman–Crippen MR) is 128 cm³/mol. The maximum atomic E-state index is 10.2. The molecule has 1 atom stereocenters. The Hall–Kier alpha value is -3.42. The molecule has 0 spiro atoms. The number of aromatic hydroxyl groups is 1. The Morgan fingerprint density at radius 1 is 1.00 bits per heavy atom. The Bertz CT molecular complexity index is 1210. The van der Waals surface area contributed by atoms with Crippen LogP contribution >= 0.6 is 12.4 Å². The third kappa shape index (κ3) is 4.69. The van der Waals surface area contributed by atoms with E-state index in [9.17, 15) is 5.11 Å². The van der Waals surface area contributed by atoms with Gasteiger partial charge in [-0.05, 0) is 51.2 Å². The second kappa shape index (κ2) is 10.0. The van der Waals surface area contributed by atoms with Gasteiger partial charge in [0.2, 0.25) is 0 Å². The van der Waals surface area contributed by atoms with Crippen LogP contribution in [0.15, 0.2) is 72.8 Å². The minimum Gasteiger partial charge on any atom is -0.504 e. The summed E-state index contributed by atoms with van der Waals surface area (Å²) in [6.07, 6.45) is 0.960. The SMILES string of the molecule is COc1cc(C(c2nnnn2Cc2ccccc2)N2CCc3ccccc3C2)ccc1O.Cl. The molecule has 0 bridgehead atoms. The second-order valence-corrected chi connectivity index (χ2v) is 8.00. The maximum absolute atomic E-state index is 10.2. The van der Waals surface area contributed by atoms with E-state index in [2.05, 4.69) is 56.8 Å². The summed E-state index contributed by atoms with van der Waals surface area (Å²) in [5, 5.41) is 22.9. The maximum Gasteiger partial charge on any atom is 0.173 e.